The molecule has 0 spiro atoms. The summed E-state index contributed by atoms with van der Waals surface area (Å²) in [7, 11) is 0. The number of anilines is 1. The van der Waals surface area contributed by atoms with E-state index in [1.807, 2.05) is 0 Å². The van der Waals surface area contributed by atoms with E-state index in [1.54, 1.807) is 0 Å². The fourth-order valence-corrected chi connectivity index (χ4v) is 3.78. The van der Waals surface area contributed by atoms with Crippen LogP contribution in [-0.4, -0.2) is 56.1 Å². The van der Waals surface area contributed by atoms with Gasteiger partial charge in [0.15, 0.2) is 0 Å². The van der Waals surface area contributed by atoms with Gasteiger partial charge in [-0.05, 0) is 49.9 Å². The van der Waals surface area contributed by atoms with Gasteiger partial charge < -0.3 is 25.0 Å². The van der Waals surface area contributed by atoms with Gasteiger partial charge in [-0.15, -0.1) is 0 Å². The van der Waals surface area contributed by atoms with Crippen molar-refractivity contribution in [2.24, 2.45) is 0 Å². The Morgan fingerprint density at radius 2 is 1.88 bits per heavy atom. The first-order valence-corrected chi connectivity index (χ1v) is 9.46. The van der Waals surface area contributed by atoms with Gasteiger partial charge in [0, 0.05) is 37.9 Å². The second-order valence-electron chi connectivity index (χ2n) is 7.17. The van der Waals surface area contributed by atoms with Crippen molar-refractivity contribution in [1.82, 2.24) is 10.2 Å². The van der Waals surface area contributed by atoms with Crippen molar-refractivity contribution in [3.05, 3.63) is 24.3 Å². The maximum absolute atomic E-state index is 6.18. The molecular formula is C19H29N3O2. The van der Waals surface area contributed by atoms with Gasteiger partial charge in [-0.1, -0.05) is 6.42 Å². The van der Waals surface area contributed by atoms with Crippen LogP contribution in [0, 0.1) is 0 Å². The summed E-state index contributed by atoms with van der Waals surface area (Å²) in [6.45, 7) is 4.93. The molecule has 5 heteroatoms. The fourth-order valence-electron chi connectivity index (χ4n) is 3.78. The molecule has 2 aliphatic heterocycles. The average Bonchev–Trinajstić information content (AvgIpc) is 2.58. The second-order valence-corrected chi connectivity index (χ2v) is 7.17. The summed E-state index contributed by atoms with van der Waals surface area (Å²) in [5, 5.41) is 6.72. The minimum Gasteiger partial charge on any atom is -0.490 e. The van der Waals surface area contributed by atoms with Crippen molar-refractivity contribution in [2.75, 3.05) is 38.1 Å². The molecule has 3 fully saturated rings. The molecule has 0 aromatic heterocycles. The summed E-state index contributed by atoms with van der Waals surface area (Å²) in [6, 6.07) is 9.16. The Balaban J connectivity index is 1.23. The normalized spacial score (nSPS) is 26.8. The summed E-state index contributed by atoms with van der Waals surface area (Å²) >= 11 is 0. The molecule has 0 amide bonds. The van der Waals surface area contributed by atoms with E-state index >= 15 is 0 Å². The molecule has 1 atom stereocenters. The highest BCUT2D eigenvalue weighted by Crippen LogP contribution is 2.28. The van der Waals surface area contributed by atoms with E-state index < -0.39 is 0 Å². The zero-order valence-corrected chi connectivity index (χ0v) is 14.4. The maximum Gasteiger partial charge on any atom is 0.140 e. The molecule has 4 rings (SSSR count). The average molecular weight is 331 g/mol. The lowest BCUT2D eigenvalue weighted by Crippen LogP contribution is -2.46. The standard InChI is InChI=1S/C19H29N3O2/c1-2-16(3-1)22-11-8-18(9-12-22)24-17-6-4-15(5-7-17)21-19-14-20-10-13-23-19/h4-7,16,18-21H,1-3,8-14H2. The van der Waals surface area contributed by atoms with Crippen LogP contribution < -0.4 is 15.4 Å². The lowest BCUT2D eigenvalue weighted by atomic mass is 9.90. The number of morpholine rings is 1. The highest BCUT2D eigenvalue weighted by molar-refractivity contribution is 5.46. The predicted molar refractivity (Wildman–Crippen MR) is 95.5 cm³/mol. The van der Waals surface area contributed by atoms with Crippen molar-refractivity contribution in [1.29, 1.82) is 0 Å². The minimum atomic E-state index is 0.0568. The molecule has 3 aliphatic rings. The van der Waals surface area contributed by atoms with Crippen molar-refractivity contribution < 1.29 is 9.47 Å². The number of nitrogens with one attached hydrogen (secondary N) is 2. The van der Waals surface area contributed by atoms with Gasteiger partial charge in [0.2, 0.25) is 0 Å². The molecule has 5 nitrogen and oxygen atoms in total. The van der Waals surface area contributed by atoms with E-state index in [1.165, 1.54) is 32.4 Å². The molecule has 1 aromatic carbocycles. The largest absolute Gasteiger partial charge is 0.490 e. The number of ether oxygens (including phenoxy) is 2. The van der Waals surface area contributed by atoms with Crippen molar-refractivity contribution >= 4 is 5.69 Å². The van der Waals surface area contributed by atoms with Crippen LogP contribution in [0.3, 0.4) is 0 Å². The Bertz CT molecular complexity index is 504. The van der Waals surface area contributed by atoms with E-state index in [2.05, 4.69) is 39.8 Å². The Kier molecular flexibility index (Phi) is 5.21. The lowest BCUT2D eigenvalue weighted by molar-refractivity contribution is 0.0467. The third-order valence-corrected chi connectivity index (χ3v) is 5.48. The van der Waals surface area contributed by atoms with E-state index in [0.29, 0.717) is 6.10 Å². The van der Waals surface area contributed by atoms with Crippen LogP contribution in [0.2, 0.25) is 0 Å². The quantitative estimate of drug-likeness (QED) is 0.868. The summed E-state index contributed by atoms with van der Waals surface area (Å²) in [4.78, 5) is 2.66. The van der Waals surface area contributed by atoms with E-state index in [-0.39, 0.29) is 6.23 Å². The first-order valence-electron chi connectivity index (χ1n) is 9.46. The third-order valence-electron chi connectivity index (χ3n) is 5.48. The summed E-state index contributed by atoms with van der Waals surface area (Å²) in [5.41, 5.74) is 1.08. The van der Waals surface area contributed by atoms with Gasteiger partial charge in [0.25, 0.3) is 0 Å². The molecule has 0 radical (unpaired) electrons. The molecule has 2 N–H and O–H groups in total. The smallest absolute Gasteiger partial charge is 0.140 e. The molecule has 0 bridgehead atoms. The number of rotatable bonds is 5. The van der Waals surface area contributed by atoms with Crippen LogP contribution in [0.25, 0.3) is 0 Å². The van der Waals surface area contributed by atoms with Crippen LogP contribution in [0.15, 0.2) is 24.3 Å². The van der Waals surface area contributed by atoms with Crippen LogP contribution >= 0.6 is 0 Å². The summed E-state index contributed by atoms with van der Waals surface area (Å²) in [5.74, 6) is 0.977. The monoisotopic (exact) mass is 331 g/mol. The van der Waals surface area contributed by atoms with Gasteiger partial charge in [-0.25, -0.2) is 0 Å². The number of piperidine rings is 1. The first kappa shape index (κ1) is 16.2. The fraction of sp³-hybridized carbons (Fsp3) is 0.684. The second kappa shape index (κ2) is 7.72. The van der Waals surface area contributed by atoms with Crippen molar-refractivity contribution in [3.8, 4) is 5.75 Å². The lowest BCUT2D eigenvalue weighted by Gasteiger charge is -2.41. The number of nitrogens with zero attached hydrogens (tertiary/aromatic N) is 1. The Hall–Kier alpha value is -1.30. The van der Waals surface area contributed by atoms with Gasteiger partial charge in [0.05, 0.1) is 6.61 Å². The Morgan fingerprint density at radius 3 is 2.50 bits per heavy atom. The Morgan fingerprint density at radius 1 is 1.08 bits per heavy atom. The van der Waals surface area contributed by atoms with Crippen LogP contribution in [-0.2, 0) is 4.74 Å². The molecule has 1 aliphatic carbocycles. The van der Waals surface area contributed by atoms with Crippen molar-refractivity contribution in [2.45, 2.75) is 50.5 Å². The highest BCUT2D eigenvalue weighted by Gasteiger charge is 2.29. The number of benzene rings is 1. The van der Waals surface area contributed by atoms with Crippen LogP contribution in [0.5, 0.6) is 5.75 Å². The van der Waals surface area contributed by atoms with Gasteiger partial charge >= 0.3 is 0 Å². The number of hydrogen-bond donors (Lipinski definition) is 2. The maximum atomic E-state index is 6.18. The van der Waals surface area contributed by atoms with E-state index in [0.717, 1.165) is 50.0 Å². The minimum absolute atomic E-state index is 0.0568. The van der Waals surface area contributed by atoms with Crippen LogP contribution in [0.1, 0.15) is 32.1 Å². The summed E-state index contributed by atoms with van der Waals surface area (Å²) in [6.07, 6.45) is 6.95. The molecule has 2 saturated heterocycles. The van der Waals surface area contributed by atoms with E-state index in [4.69, 9.17) is 9.47 Å². The van der Waals surface area contributed by atoms with Gasteiger partial charge in [0.1, 0.15) is 18.1 Å². The zero-order chi connectivity index (χ0) is 16.2. The molecule has 24 heavy (non-hydrogen) atoms. The molecule has 1 unspecified atom stereocenters. The number of likely N-dealkylation sites (tertiary alicyclic amines) is 1. The third kappa shape index (κ3) is 4.02. The van der Waals surface area contributed by atoms with Crippen molar-refractivity contribution in [3.63, 3.8) is 0 Å². The summed E-state index contributed by atoms with van der Waals surface area (Å²) < 4.78 is 11.8. The van der Waals surface area contributed by atoms with Gasteiger partial charge in [-0.2, -0.15) is 0 Å². The van der Waals surface area contributed by atoms with Gasteiger partial charge in [-0.3, -0.25) is 0 Å². The SMILES string of the molecule is c1cc(OC2CCN(C3CCC3)CC2)ccc1NC1CNCCO1. The first-order chi connectivity index (χ1) is 11.9. The molecule has 1 saturated carbocycles. The Labute approximate surface area is 144 Å². The van der Waals surface area contributed by atoms with Crippen LogP contribution in [0.4, 0.5) is 5.69 Å². The number of hydrogen-bond acceptors (Lipinski definition) is 5. The molecule has 1 aromatic rings. The highest BCUT2D eigenvalue weighted by atomic mass is 16.5. The molecule has 2 heterocycles. The zero-order valence-electron chi connectivity index (χ0n) is 14.4. The topological polar surface area (TPSA) is 45.8 Å². The molecule has 132 valence electrons. The molecular weight excluding hydrogens is 302 g/mol. The predicted octanol–water partition coefficient (Wildman–Crippen LogP) is 2.44. The van der Waals surface area contributed by atoms with E-state index in [9.17, 15) is 0 Å².